The third-order valence-corrected chi connectivity index (χ3v) is 2.85. The lowest BCUT2D eigenvalue weighted by atomic mass is 10.0. The number of hydrogen-bond donors (Lipinski definition) is 0. The van der Waals surface area contributed by atoms with Gasteiger partial charge in [0.2, 0.25) is 0 Å². The van der Waals surface area contributed by atoms with Crippen LogP contribution in [0.3, 0.4) is 0 Å². The molecule has 0 atom stereocenters. The van der Waals surface area contributed by atoms with E-state index in [2.05, 4.69) is 12.1 Å². The SMILES string of the molecule is CCOc1ccc(CCc2ccc(F)cc2)cc1. The second-order valence-electron chi connectivity index (χ2n) is 4.20. The van der Waals surface area contributed by atoms with E-state index < -0.39 is 0 Å². The Labute approximate surface area is 107 Å². The third kappa shape index (κ3) is 3.59. The summed E-state index contributed by atoms with van der Waals surface area (Å²) >= 11 is 0. The molecule has 0 heterocycles. The molecule has 2 aromatic rings. The highest BCUT2D eigenvalue weighted by molar-refractivity contribution is 5.28. The van der Waals surface area contributed by atoms with Gasteiger partial charge >= 0.3 is 0 Å². The van der Waals surface area contributed by atoms with Gasteiger partial charge in [0, 0.05) is 0 Å². The van der Waals surface area contributed by atoms with Crippen molar-refractivity contribution in [3.63, 3.8) is 0 Å². The van der Waals surface area contributed by atoms with E-state index in [0.717, 1.165) is 24.2 Å². The molecule has 2 rings (SSSR count). The van der Waals surface area contributed by atoms with Crippen LogP contribution in [0.5, 0.6) is 5.75 Å². The summed E-state index contributed by atoms with van der Waals surface area (Å²) in [5.41, 5.74) is 2.42. The molecule has 0 fully saturated rings. The molecule has 18 heavy (non-hydrogen) atoms. The Kier molecular flexibility index (Phi) is 4.35. The summed E-state index contributed by atoms with van der Waals surface area (Å²) in [5, 5.41) is 0. The minimum absolute atomic E-state index is 0.181. The standard InChI is InChI=1S/C16H17FO/c1-2-18-16-11-7-14(8-12-16)4-3-13-5-9-15(17)10-6-13/h5-12H,2-4H2,1H3. The van der Waals surface area contributed by atoms with Gasteiger partial charge in [-0.05, 0) is 55.2 Å². The molecule has 94 valence electrons. The fraction of sp³-hybridized carbons (Fsp3) is 0.250. The Morgan fingerprint density at radius 3 is 1.83 bits per heavy atom. The van der Waals surface area contributed by atoms with Crippen LogP contribution in [-0.2, 0) is 12.8 Å². The van der Waals surface area contributed by atoms with Crippen LogP contribution in [0.1, 0.15) is 18.1 Å². The molecule has 0 bridgehead atoms. The van der Waals surface area contributed by atoms with Crippen molar-refractivity contribution in [1.29, 1.82) is 0 Å². The molecule has 0 saturated carbocycles. The largest absolute Gasteiger partial charge is 0.494 e. The zero-order valence-corrected chi connectivity index (χ0v) is 10.5. The molecule has 0 aliphatic rings. The summed E-state index contributed by atoms with van der Waals surface area (Å²) in [6.07, 6.45) is 1.88. The minimum atomic E-state index is -0.181. The lowest BCUT2D eigenvalue weighted by Crippen LogP contribution is -1.93. The predicted octanol–water partition coefficient (Wildman–Crippen LogP) is 4.01. The Morgan fingerprint density at radius 2 is 1.33 bits per heavy atom. The van der Waals surface area contributed by atoms with Crippen LogP contribution in [0.15, 0.2) is 48.5 Å². The molecule has 1 nitrogen and oxygen atoms in total. The lowest BCUT2D eigenvalue weighted by Gasteiger charge is -2.05. The van der Waals surface area contributed by atoms with Crippen LogP contribution in [-0.4, -0.2) is 6.61 Å². The summed E-state index contributed by atoms with van der Waals surface area (Å²) in [7, 11) is 0. The van der Waals surface area contributed by atoms with Gasteiger partial charge in [-0.25, -0.2) is 4.39 Å². The first-order valence-electron chi connectivity index (χ1n) is 6.24. The van der Waals surface area contributed by atoms with Crippen LogP contribution < -0.4 is 4.74 Å². The molecule has 0 saturated heterocycles. The second-order valence-corrected chi connectivity index (χ2v) is 4.20. The van der Waals surface area contributed by atoms with Crippen molar-refractivity contribution in [3.8, 4) is 5.75 Å². The summed E-state index contributed by atoms with van der Waals surface area (Å²) in [6, 6.07) is 14.8. The number of halogens is 1. The van der Waals surface area contributed by atoms with E-state index in [-0.39, 0.29) is 5.82 Å². The van der Waals surface area contributed by atoms with Gasteiger partial charge in [0.15, 0.2) is 0 Å². The predicted molar refractivity (Wildman–Crippen MR) is 71.4 cm³/mol. The van der Waals surface area contributed by atoms with Gasteiger partial charge in [0.25, 0.3) is 0 Å². The van der Waals surface area contributed by atoms with Crippen LogP contribution in [0, 0.1) is 5.82 Å². The fourth-order valence-electron chi connectivity index (χ4n) is 1.86. The van der Waals surface area contributed by atoms with Gasteiger partial charge in [-0.2, -0.15) is 0 Å². The minimum Gasteiger partial charge on any atom is -0.494 e. The zero-order chi connectivity index (χ0) is 12.8. The summed E-state index contributed by atoms with van der Waals surface area (Å²) in [5.74, 6) is 0.725. The van der Waals surface area contributed by atoms with E-state index in [1.165, 1.54) is 17.7 Å². The van der Waals surface area contributed by atoms with E-state index in [9.17, 15) is 4.39 Å². The zero-order valence-electron chi connectivity index (χ0n) is 10.5. The monoisotopic (exact) mass is 244 g/mol. The first-order chi connectivity index (χ1) is 8.78. The number of rotatable bonds is 5. The molecule has 2 heteroatoms. The highest BCUT2D eigenvalue weighted by atomic mass is 19.1. The second kappa shape index (κ2) is 6.20. The molecule has 0 aliphatic carbocycles. The van der Waals surface area contributed by atoms with E-state index in [1.807, 2.05) is 31.2 Å². The Morgan fingerprint density at radius 1 is 0.833 bits per heavy atom. The Balaban J connectivity index is 1.91. The van der Waals surface area contributed by atoms with E-state index in [4.69, 9.17) is 4.74 Å². The van der Waals surface area contributed by atoms with Gasteiger partial charge in [-0.1, -0.05) is 24.3 Å². The molecule has 0 aromatic heterocycles. The number of ether oxygens (including phenoxy) is 1. The average Bonchev–Trinajstić information content (AvgIpc) is 2.40. The molecular formula is C16H17FO. The van der Waals surface area contributed by atoms with Crippen molar-refractivity contribution >= 4 is 0 Å². The van der Waals surface area contributed by atoms with E-state index in [0.29, 0.717) is 6.61 Å². The van der Waals surface area contributed by atoms with E-state index >= 15 is 0 Å². The van der Waals surface area contributed by atoms with Crippen LogP contribution in [0.4, 0.5) is 4.39 Å². The molecule has 0 radical (unpaired) electrons. The molecular weight excluding hydrogens is 227 g/mol. The van der Waals surface area contributed by atoms with Gasteiger partial charge in [0.05, 0.1) is 6.61 Å². The van der Waals surface area contributed by atoms with E-state index in [1.54, 1.807) is 0 Å². The number of benzene rings is 2. The van der Waals surface area contributed by atoms with Crippen molar-refractivity contribution in [2.45, 2.75) is 19.8 Å². The van der Waals surface area contributed by atoms with Crippen molar-refractivity contribution in [3.05, 3.63) is 65.5 Å². The van der Waals surface area contributed by atoms with Crippen LogP contribution in [0.25, 0.3) is 0 Å². The third-order valence-electron chi connectivity index (χ3n) is 2.85. The average molecular weight is 244 g/mol. The highest BCUT2D eigenvalue weighted by Gasteiger charge is 1.98. The topological polar surface area (TPSA) is 9.23 Å². The first-order valence-corrected chi connectivity index (χ1v) is 6.24. The Hall–Kier alpha value is -1.83. The maximum absolute atomic E-state index is 12.8. The van der Waals surface area contributed by atoms with Crippen molar-refractivity contribution in [1.82, 2.24) is 0 Å². The molecule has 0 amide bonds. The molecule has 0 N–H and O–H groups in total. The fourth-order valence-corrected chi connectivity index (χ4v) is 1.86. The maximum Gasteiger partial charge on any atom is 0.123 e. The molecule has 0 aliphatic heterocycles. The summed E-state index contributed by atoms with van der Waals surface area (Å²) < 4.78 is 18.1. The van der Waals surface area contributed by atoms with Crippen molar-refractivity contribution in [2.75, 3.05) is 6.61 Å². The first kappa shape index (κ1) is 12.6. The number of hydrogen-bond acceptors (Lipinski definition) is 1. The molecule has 2 aromatic carbocycles. The summed E-state index contributed by atoms with van der Waals surface area (Å²) in [6.45, 7) is 2.66. The van der Waals surface area contributed by atoms with Gasteiger partial charge < -0.3 is 4.74 Å². The van der Waals surface area contributed by atoms with Crippen molar-refractivity contribution < 1.29 is 9.13 Å². The lowest BCUT2D eigenvalue weighted by molar-refractivity contribution is 0.340. The quantitative estimate of drug-likeness (QED) is 0.772. The highest BCUT2D eigenvalue weighted by Crippen LogP contribution is 2.14. The smallest absolute Gasteiger partial charge is 0.123 e. The summed E-state index contributed by atoms with van der Waals surface area (Å²) in [4.78, 5) is 0. The maximum atomic E-state index is 12.8. The molecule has 0 unspecified atom stereocenters. The van der Waals surface area contributed by atoms with Crippen LogP contribution >= 0.6 is 0 Å². The normalized spacial score (nSPS) is 10.3. The Bertz CT molecular complexity index is 473. The van der Waals surface area contributed by atoms with Crippen LogP contribution in [0.2, 0.25) is 0 Å². The van der Waals surface area contributed by atoms with Gasteiger partial charge in [0.1, 0.15) is 11.6 Å². The van der Waals surface area contributed by atoms with Gasteiger partial charge in [-0.3, -0.25) is 0 Å². The van der Waals surface area contributed by atoms with Gasteiger partial charge in [-0.15, -0.1) is 0 Å². The number of aryl methyl sites for hydroxylation is 2. The van der Waals surface area contributed by atoms with Crippen molar-refractivity contribution in [2.24, 2.45) is 0 Å². The molecule has 0 spiro atoms.